The first-order valence-electron chi connectivity index (χ1n) is 9.21. The van der Waals surface area contributed by atoms with E-state index in [1.54, 1.807) is 0 Å². The van der Waals surface area contributed by atoms with Gasteiger partial charge in [-0.15, -0.1) is 0 Å². The van der Waals surface area contributed by atoms with Crippen molar-refractivity contribution in [1.82, 2.24) is 9.88 Å². The molecular weight excluding hydrogens is 320 g/mol. The lowest BCUT2D eigenvalue weighted by atomic mass is 10.1. The highest BCUT2D eigenvalue weighted by molar-refractivity contribution is 6.08. The van der Waals surface area contributed by atoms with E-state index in [9.17, 15) is 5.11 Å². The van der Waals surface area contributed by atoms with Crippen molar-refractivity contribution in [1.29, 1.82) is 0 Å². The maximum Gasteiger partial charge on any atom is 0.0914 e. The second kappa shape index (κ2) is 7.32. The molecule has 0 spiro atoms. The van der Waals surface area contributed by atoms with Crippen molar-refractivity contribution in [3.63, 3.8) is 0 Å². The molecule has 0 bridgehead atoms. The van der Waals surface area contributed by atoms with Gasteiger partial charge in [0.05, 0.1) is 6.10 Å². The Morgan fingerprint density at radius 3 is 2.42 bits per heavy atom. The van der Waals surface area contributed by atoms with Gasteiger partial charge in [-0.1, -0.05) is 54.6 Å². The highest BCUT2D eigenvalue weighted by Crippen LogP contribution is 2.29. The van der Waals surface area contributed by atoms with Crippen LogP contribution in [0.1, 0.15) is 24.2 Å². The lowest BCUT2D eigenvalue weighted by Gasteiger charge is -2.12. The monoisotopic (exact) mass is 344 g/mol. The van der Waals surface area contributed by atoms with Gasteiger partial charge in [-0.05, 0) is 36.2 Å². The van der Waals surface area contributed by atoms with Crippen LogP contribution in [0.3, 0.4) is 0 Å². The molecule has 26 heavy (non-hydrogen) atoms. The van der Waals surface area contributed by atoms with Gasteiger partial charge in [-0.3, -0.25) is 0 Å². The molecule has 2 N–H and O–H groups in total. The number of hydrogen-bond acceptors (Lipinski definition) is 2. The standard InChI is InChI=1S/C23H24N2O/c1-2-25-21-11-7-6-10-19(21)20-14-17(12-13-22(20)25)15-24-16-23(26)18-8-4-3-5-9-18/h3-14,23-24,26H,2,15-16H2,1H3/t23-/m0/s1. The molecule has 1 heterocycles. The Labute approximate surface area is 153 Å². The van der Waals surface area contributed by atoms with Crippen molar-refractivity contribution >= 4 is 21.8 Å². The number of aliphatic hydroxyl groups is 1. The Morgan fingerprint density at radius 1 is 0.885 bits per heavy atom. The summed E-state index contributed by atoms with van der Waals surface area (Å²) in [4.78, 5) is 0. The molecule has 4 rings (SSSR count). The van der Waals surface area contributed by atoms with Crippen LogP contribution in [0.2, 0.25) is 0 Å². The topological polar surface area (TPSA) is 37.2 Å². The quantitative estimate of drug-likeness (QED) is 0.535. The van der Waals surface area contributed by atoms with Crippen molar-refractivity contribution in [3.8, 4) is 0 Å². The summed E-state index contributed by atoms with van der Waals surface area (Å²) < 4.78 is 2.36. The summed E-state index contributed by atoms with van der Waals surface area (Å²) in [6.45, 7) is 4.43. The van der Waals surface area contributed by atoms with Crippen LogP contribution in [0.15, 0.2) is 72.8 Å². The highest BCUT2D eigenvalue weighted by Gasteiger charge is 2.10. The van der Waals surface area contributed by atoms with Crippen molar-refractivity contribution in [2.24, 2.45) is 0 Å². The van der Waals surface area contributed by atoms with Crippen LogP contribution in [-0.4, -0.2) is 16.2 Å². The summed E-state index contributed by atoms with van der Waals surface area (Å²) in [6.07, 6.45) is -0.484. The van der Waals surface area contributed by atoms with E-state index in [-0.39, 0.29) is 0 Å². The molecule has 0 saturated heterocycles. The molecule has 3 aromatic carbocycles. The minimum atomic E-state index is -0.484. The second-order valence-electron chi connectivity index (χ2n) is 6.67. The summed E-state index contributed by atoms with van der Waals surface area (Å²) in [6, 6.07) is 25.0. The minimum absolute atomic E-state index is 0.484. The van der Waals surface area contributed by atoms with Gasteiger partial charge in [0.2, 0.25) is 0 Å². The molecule has 1 atom stereocenters. The number of aryl methyl sites for hydroxylation is 1. The van der Waals surface area contributed by atoms with Gasteiger partial charge in [0.1, 0.15) is 0 Å². The summed E-state index contributed by atoms with van der Waals surface area (Å²) in [5.74, 6) is 0. The van der Waals surface area contributed by atoms with Crippen LogP contribution >= 0.6 is 0 Å². The molecule has 3 nitrogen and oxygen atoms in total. The Bertz CT molecular complexity index is 1020. The SMILES string of the molecule is CCn1c2ccccc2c2cc(CNC[C@H](O)c3ccccc3)ccc21. The molecule has 3 heteroatoms. The first-order valence-corrected chi connectivity index (χ1v) is 9.21. The van der Waals surface area contributed by atoms with Crippen molar-refractivity contribution in [2.75, 3.05) is 6.54 Å². The number of para-hydroxylation sites is 1. The maximum absolute atomic E-state index is 10.3. The van der Waals surface area contributed by atoms with Crippen molar-refractivity contribution in [2.45, 2.75) is 26.1 Å². The molecule has 0 radical (unpaired) electrons. The van der Waals surface area contributed by atoms with E-state index in [1.165, 1.54) is 27.4 Å². The summed E-state index contributed by atoms with van der Waals surface area (Å²) in [5, 5.41) is 16.3. The zero-order chi connectivity index (χ0) is 17.9. The Kier molecular flexibility index (Phi) is 4.74. The van der Waals surface area contributed by atoms with Gasteiger partial charge in [-0.25, -0.2) is 0 Å². The zero-order valence-electron chi connectivity index (χ0n) is 15.0. The molecule has 0 amide bonds. The van der Waals surface area contributed by atoms with Gasteiger partial charge in [0.25, 0.3) is 0 Å². The van der Waals surface area contributed by atoms with E-state index < -0.39 is 6.10 Å². The van der Waals surface area contributed by atoms with Gasteiger partial charge >= 0.3 is 0 Å². The van der Waals surface area contributed by atoms with Crippen LogP contribution in [-0.2, 0) is 13.1 Å². The fraction of sp³-hybridized carbons (Fsp3) is 0.217. The van der Waals surface area contributed by atoms with E-state index in [4.69, 9.17) is 0 Å². The molecule has 4 aromatic rings. The molecule has 0 aliphatic rings. The Balaban J connectivity index is 1.53. The third-order valence-electron chi connectivity index (χ3n) is 5.00. The number of rotatable bonds is 6. The third kappa shape index (κ3) is 3.12. The number of aliphatic hydroxyl groups excluding tert-OH is 1. The van der Waals surface area contributed by atoms with Crippen LogP contribution in [0.4, 0.5) is 0 Å². The molecule has 0 unspecified atom stereocenters. The normalized spacial score (nSPS) is 12.7. The molecule has 132 valence electrons. The van der Waals surface area contributed by atoms with E-state index in [0.717, 1.165) is 18.7 Å². The number of fused-ring (bicyclic) bond motifs is 3. The van der Waals surface area contributed by atoms with Crippen LogP contribution < -0.4 is 5.32 Å². The van der Waals surface area contributed by atoms with E-state index in [2.05, 4.69) is 59.3 Å². The largest absolute Gasteiger partial charge is 0.387 e. The predicted octanol–water partition coefficient (Wildman–Crippen LogP) is 4.64. The predicted molar refractivity (Wildman–Crippen MR) is 108 cm³/mol. The molecule has 0 aliphatic carbocycles. The van der Waals surface area contributed by atoms with Crippen molar-refractivity contribution < 1.29 is 5.11 Å². The molecule has 0 aliphatic heterocycles. The first kappa shape index (κ1) is 16.8. The van der Waals surface area contributed by atoms with Crippen LogP contribution in [0, 0.1) is 0 Å². The maximum atomic E-state index is 10.3. The van der Waals surface area contributed by atoms with Gasteiger partial charge in [-0.2, -0.15) is 0 Å². The first-order chi connectivity index (χ1) is 12.8. The highest BCUT2D eigenvalue weighted by atomic mass is 16.3. The zero-order valence-corrected chi connectivity index (χ0v) is 15.0. The molecule has 0 saturated carbocycles. The summed E-state index contributed by atoms with van der Waals surface area (Å²) in [7, 11) is 0. The average Bonchev–Trinajstić information content (AvgIpc) is 3.01. The van der Waals surface area contributed by atoms with E-state index in [0.29, 0.717) is 6.54 Å². The third-order valence-corrected chi connectivity index (χ3v) is 5.00. The number of hydrogen-bond donors (Lipinski definition) is 2. The van der Waals surface area contributed by atoms with Crippen molar-refractivity contribution in [3.05, 3.63) is 83.9 Å². The molecule has 1 aromatic heterocycles. The van der Waals surface area contributed by atoms with Crippen LogP contribution in [0.25, 0.3) is 21.8 Å². The van der Waals surface area contributed by atoms with Crippen LogP contribution in [0.5, 0.6) is 0 Å². The fourth-order valence-corrected chi connectivity index (χ4v) is 3.70. The second-order valence-corrected chi connectivity index (χ2v) is 6.67. The summed E-state index contributed by atoms with van der Waals surface area (Å²) >= 11 is 0. The average molecular weight is 344 g/mol. The number of nitrogens with zero attached hydrogens (tertiary/aromatic N) is 1. The number of benzene rings is 3. The summed E-state index contributed by atoms with van der Waals surface area (Å²) in [5.41, 5.74) is 4.75. The number of aromatic nitrogens is 1. The lowest BCUT2D eigenvalue weighted by molar-refractivity contribution is 0.174. The Hall–Kier alpha value is -2.62. The Morgan fingerprint density at radius 2 is 1.62 bits per heavy atom. The van der Waals surface area contributed by atoms with E-state index in [1.807, 2.05) is 30.3 Å². The molecule has 0 fully saturated rings. The smallest absolute Gasteiger partial charge is 0.0914 e. The minimum Gasteiger partial charge on any atom is -0.387 e. The lowest BCUT2D eigenvalue weighted by Crippen LogP contribution is -2.21. The van der Waals surface area contributed by atoms with Gasteiger partial charge < -0.3 is 15.0 Å². The van der Waals surface area contributed by atoms with Gasteiger partial charge in [0.15, 0.2) is 0 Å². The van der Waals surface area contributed by atoms with Gasteiger partial charge in [0, 0.05) is 41.4 Å². The fourth-order valence-electron chi connectivity index (χ4n) is 3.70. The van der Waals surface area contributed by atoms with E-state index >= 15 is 0 Å². The number of nitrogens with one attached hydrogen (secondary N) is 1. The molecular formula is C23H24N2O.